The van der Waals surface area contributed by atoms with Crippen LogP contribution in [-0.2, 0) is 47.4 Å². The third-order valence-electron chi connectivity index (χ3n) is 6.10. The van der Waals surface area contributed by atoms with E-state index in [2.05, 4.69) is 31.0 Å². The maximum Gasteiger partial charge on any atom is 0.362 e. The zero-order chi connectivity index (χ0) is 29.9. The van der Waals surface area contributed by atoms with E-state index in [-0.39, 0.29) is 53.4 Å². The van der Waals surface area contributed by atoms with Gasteiger partial charge in [0, 0.05) is 24.6 Å². The number of hydrogen-bond donors (Lipinski definition) is 6. The number of carbonyl (C=O) groups excluding carboxylic acids is 3. The summed E-state index contributed by atoms with van der Waals surface area (Å²) in [5, 5.41) is 27.5. The first kappa shape index (κ1) is 29.8. The molecule has 0 unspecified atom stereocenters. The van der Waals surface area contributed by atoms with Crippen LogP contribution in [-0.4, -0.2) is 96.0 Å². The number of oxime groups is 1. The summed E-state index contributed by atoms with van der Waals surface area (Å²) in [5.74, 6) is -3.75. The van der Waals surface area contributed by atoms with Gasteiger partial charge >= 0.3 is 16.3 Å². The summed E-state index contributed by atoms with van der Waals surface area (Å²) in [6.45, 7) is -0.0110. The Morgan fingerprint density at radius 3 is 2.63 bits per heavy atom. The van der Waals surface area contributed by atoms with Gasteiger partial charge in [0.1, 0.15) is 23.5 Å². The van der Waals surface area contributed by atoms with E-state index in [1.165, 1.54) is 11.6 Å². The number of aromatic nitrogens is 4. The molecule has 1 aliphatic carbocycles. The molecular formula is C20H26N10O9S2. The number of carbonyl (C=O) groups is 4. The van der Waals surface area contributed by atoms with Gasteiger partial charge in [-0.1, -0.05) is 5.16 Å². The van der Waals surface area contributed by atoms with Gasteiger partial charge in [-0.2, -0.15) is 23.4 Å². The number of amides is 3. The molecule has 0 aromatic carbocycles. The number of thiazole rings is 1. The first-order valence-electron chi connectivity index (χ1n) is 12.0. The van der Waals surface area contributed by atoms with E-state index >= 15 is 0 Å². The van der Waals surface area contributed by atoms with Crippen molar-refractivity contribution in [3.05, 3.63) is 23.0 Å². The summed E-state index contributed by atoms with van der Waals surface area (Å²) in [6, 6.07) is -2.86. The molecule has 0 bridgehead atoms. The van der Waals surface area contributed by atoms with Crippen LogP contribution < -0.4 is 22.1 Å². The quantitative estimate of drug-likeness (QED) is 0.0543. The molecule has 1 saturated carbocycles. The van der Waals surface area contributed by atoms with Gasteiger partial charge in [0.25, 0.3) is 11.8 Å². The molecule has 222 valence electrons. The van der Waals surface area contributed by atoms with Crippen LogP contribution in [0.3, 0.4) is 0 Å². The highest BCUT2D eigenvalue weighted by Gasteiger charge is 2.56. The van der Waals surface area contributed by atoms with Gasteiger partial charge < -0.3 is 32.0 Å². The molecule has 1 saturated heterocycles. The number of carboxylic acids is 1. The number of β-lactam (4-membered cyclic amide) rings is 1. The fourth-order valence-electron chi connectivity index (χ4n) is 3.75. The van der Waals surface area contributed by atoms with Crippen LogP contribution in [0.1, 0.15) is 37.1 Å². The molecule has 41 heavy (non-hydrogen) atoms. The SMILES string of the molecule is NCCCC(=O)NCc1cnn(C[C@@H]2[C@H](NC(=O)/C(=N/OC3(C(=O)O)CC3)c3csc(N)n3)C(=O)N2S(=O)(=O)O)n1. The van der Waals surface area contributed by atoms with Gasteiger partial charge in [0.2, 0.25) is 11.5 Å². The van der Waals surface area contributed by atoms with Gasteiger partial charge in [-0.3, -0.25) is 18.9 Å². The van der Waals surface area contributed by atoms with Crippen molar-refractivity contribution >= 4 is 56.2 Å². The van der Waals surface area contributed by atoms with Crippen molar-refractivity contribution in [1.82, 2.24) is 34.9 Å². The van der Waals surface area contributed by atoms with Crippen LogP contribution in [0.4, 0.5) is 5.13 Å². The van der Waals surface area contributed by atoms with Gasteiger partial charge in [0.05, 0.1) is 19.3 Å². The highest BCUT2D eigenvalue weighted by Crippen LogP contribution is 2.40. The standard InChI is InChI=1S/C20H26N10O9S2/c21-5-1-2-13(31)23-6-10-7-24-29(27-10)8-12-15(17(33)30(12)41(36,37)38)26-16(32)14(11-9-40-19(22)25-11)28-39-20(3-4-20)18(34)35/h7,9,12,15H,1-6,8,21H2,(H2,22,25)(H,23,31)(H,26,32)(H,34,35)(H,36,37,38)/b28-14+/t12-,15+/m1/s1. The van der Waals surface area contributed by atoms with Crippen molar-refractivity contribution in [3.63, 3.8) is 0 Å². The van der Waals surface area contributed by atoms with E-state index < -0.39 is 51.5 Å². The fourth-order valence-corrected chi connectivity index (χ4v) is 5.17. The van der Waals surface area contributed by atoms with E-state index in [0.717, 1.165) is 16.1 Å². The molecule has 21 heteroatoms. The lowest BCUT2D eigenvalue weighted by atomic mass is 9.98. The highest BCUT2D eigenvalue weighted by atomic mass is 32.2. The molecule has 3 heterocycles. The largest absolute Gasteiger partial charge is 0.478 e. The van der Waals surface area contributed by atoms with Gasteiger partial charge in [0.15, 0.2) is 10.8 Å². The third kappa shape index (κ3) is 6.75. The first-order valence-corrected chi connectivity index (χ1v) is 14.3. The zero-order valence-corrected chi connectivity index (χ0v) is 22.8. The number of aliphatic carboxylic acids is 1. The second kappa shape index (κ2) is 11.7. The Bertz CT molecular complexity index is 1480. The second-order valence-electron chi connectivity index (χ2n) is 9.09. The van der Waals surface area contributed by atoms with Crippen molar-refractivity contribution in [1.29, 1.82) is 0 Å². The number of nitrogens with zero attached hydrogens (tertiary/aromatic N) is 6. The number of anilines is 1. The Morgan fingerprint density at radius 1 is 1.32 bits per heavy atom. The minimum absolute atomic E-state index is 0.0175. The van der Waals surface area contributed by atoms with Crippen LogP contribution >= 0.6 is 11.3 Å². The molecule has 0 spiro atoms. The molecule has 3 amide bonds. The van der Waals surface area contributed by atoms with Crippen molar-refractivity contribution in [2.45, 2.75) is 56.5 Å². The Kier molecular flexibility index (Phi) is 8.51. The molecular weight excluding hydrogens is 588 g/mol. The Labute approximate surface area is 235 Å². The normalized spacial score (nSPS) is 19.8. The van der Waals surface area contributed by atoms with Crippen LogP contribution in [0, 0.1) is 0 Å². The van der Waals surface area contributed by atoms with Gasteiger partial charge in [-0.15, -0.1) is 11.3 Å². The summed E-state index contributed by atoms with van der Waals surface area (Å²) in [5.41, 5.74) is 9.15. The average molecular weight is 615 g/mol. The lowest BCUT2D eigenvalue weighted by molar-refractivity contribution is -0.153. The lowest BCUT2D eigenvalue weighted by Gasteiger charge is -2.43. The number of nitrogens with one attached hydrogen (secondary N) is 2. The van der Waals surface area contributed by atoms with E-state index in [9.17, 15) is 37.3 Å². The first-order chi connectivity index (χ1) is 19.3. The zero-order valence-electron chi connectivity index (χ0n) is 21.2. The Morgan fingerprint density at radius 2 is 2.05 bits per heavy atom. The average Bonchev–Trinajstić information content (AvgIpc) is 3.37. The maximum absolute atomic E-state index is 13.2. The molecule has 1 aliphatic heterocycles. The predicted octanol–water partition coefficient (Wildman–Crippen LogP) is -2.79. The molecule has 4 rings (SSSR count). The van der Waals surface area contributed by atoms with Crippen LogP contribution in [0.25, 0.3) is 0 Å². The molecule has 2 aromatic heterocycles. The minimum atomic E-state index is -5.03. The van der Waals surface area contributed by atoms with Crippen LogP contribution in [0.5, 0.6) is 0 Å². The molecule has 2 aromatic rings. The summed E-state index contributed by atoms with van der Waals surface area (Å²) in [7, 11) is -5.03. The van der Waals surface area contributed by atoms with Crippen molar-refractivity contribution in [2.75, 3.05) is 12.3 Å². The van der Waals surface area contributed by atoms with E-state index in [1.54, 1.807) is 0 Å². The number of hydrogen-bond acceptors (Lipinski definition) is 14. The van der Waals surface area contributed by atoms with Gasteiger partial charge in [-0.05, 0) is 13.0 Å². The van der Waals surface area contributed by atoms with Crippen LogP contribution in [0.2, 0.25) is 0 Å². The van der Waals surface area contributed by atoms with Gasteiger partial charge in [-0.25, -0.2) is 14.1 Å². The third-order valence-corrected chi connectivity index (χ3v) is 7.72. The van der Waals surface area contributed by atoms with E-state index in [4.69, 9.17) is 16.3 Å². The lowest BCUT2D eigenvalue weighted by Crippen LogP contribution is -2.73. The Hall–Kier alpha value is -4.21. The van der Waals surface area contributed by atoms with Crippen molar-refractivity contribution < 1.29 is 42.1 Å². The molecule has 19 nitrogen and oxygen atoms in total. The summed E-state index contributed by atoms with van der Waals surface area (Å²) in [6.07, 6.45) is 2.34. The monoisotopic (exact) mass is 614 g/mol. The molecule has 2 aliphatic rings. The molecule has 0 radical (unpaired) electrons. The molecule has 2 atom stereocenters. The highest BCUT2D eigenvalue weighted by molar-refractivity contribution is 7.84. The summed E-state index contributed by atoms with van der Waals surface area (Å²) >= 11 is 0.957. The summed E-state index contributed by atoms with van der Waals surface area (Å²) < 4.78 is 33.5. The van der Waals surface area contributed by atoms with E-state index in [1.807, 2.05) is 0 Å². The van der Waals surface area contributed by atoms with Crippen molar-refractivity contribution in [3.8, 4) is 0 Å². The topological polar surface area (TPSA) is 287 Å². The number of carboxylic acid groups (broad SMARTS) is 1. The van der Waals surface area contributed by atoms with Crippen LogP contribution in [0.15, 0.2) is 16.7 Å². The van der Waals surface area contributed by atoms with Crippen molar-refractivity contribution in [2.24, 2.45) is 10.9 Å². The minimum Gasteiger partial charge on any atom is -0.478 e. The summed E-state index contributed by atoms with van der Waals surface area (Å²) in [4.78, 5) is 59.2. The smallest absolute Gasteiger partial charge is 0.362 e. The number of nitrogen functional groups attached to an aromatic ring is 1. The van der Waals surface area contributed by atoms with E-state index in [0.29, 0.717) is 18.7 Å². The molecule has 2 fully saturated rings. The maximum atomic E-state index is 13.2. The number of rotatable bonds is 14. The predicted molar refractivity (Wildman–Crippen MR) is 138 cm³/mol. The second-order valence-corrected chi connectivity index (χ2v) is 11.3. The Balaban J connectivity index is 1.50. The number of nitrogens with two attached hydrogens (primary N) is 2. The fraction of sp³-hybridized carbons (Fsp3) is 0.500. The molecule has 8 N–H and O–H groups in total.